The second-order valence-electron chi connectivity index (χ2n) is 4.76. The summed E-state index contributed by atoms with van der Waals surface area (Å²) in [5, 5.41) is 0. The van der Waals surface area contributed by atoms with Crippen molar-refractivity contribution in [2.75, 3.05) is 39.4 Å². The van der Waals surface area contributed by atoms with Gasteiger partial charge in [0.15, 0.2) is 0 Å². The maximum absolute atomic E-state index is 12.1. The Hall–Kier alpha value is -1.43. The summed E-state index contributed by atoms with van der Waals surface area (Å²) >= 11 is 0. The smallest absolute Gasteiger partial charge is 0.261 e. The molecule has 2 amide bonds. The number of amides is 2. The first kappa shape index (κ1) is 15.0. The van der Waals surface area contributed by atoms with Gasteiger partial charge in [-0.1, -0.05) is 12.1 Å². The van der Waals surface area contributed by atoms with Gasteiger partial charge in [0.1, 0.15) is 0 Å². The minimum Gasteiger partial charge on any atom is -0.379 e. The minimum absolute atomic E-state index is 0. The molecule has 3 rings (SSSR count). The highest BCUT2D eigenvalue weighted by molar-refractivity contribution is 6.21. The fourth-order valence-electron chi connectivity index (χ4n) is 2.51. The molecule has 2 aliphatic rings. The number of carbonyl (C=O) groups excluding carboxylic acids is 2. The van der Waals surface area contributed by atoms with Crippen molar-refractivity contribution in [1.29, 1.82) is 0 Å². The summed E-state index contributed by atoms with van der Waals surface area (Å²) in [5.74, 6) is -0.345. The maximum atomic E-state index is 12.1. The molecule has 1 saturated heterocycles. The molecule has 0 bridgehead atoms. The molecule has 1 aromatic rings. The van der Waals surface area contributed by atoms with E-state index in [0.717, 1.165) is 32.8 Å². The Labute approximate surface area is 123 Å². The van der Waals surface area contributed by atoms with E-state index in [2.05, 4.69) is 4.90 Å². The summed E-state index contributed by atoms with van der Waals surface area (Å²) in [7, 11) is 0. The Kier molecular flexibility index (Phi) is 4.75. The fraction of sp³-hybridized carbons (Fsp3) is 0.429. The van der Waals surface area contributed by atoms with Gasteiger partial charge in [0, 0.05) is 26.2 Å². The summed E-state index contributed by atoms with van der Waals surface area (Å²) in [6, 6.07) is 7.00. The van der Waals surface area contributed by atoms with Crippen molar-refractivity contribution in [2.45, 2.75) is 0 Å². The molecule has 6 heteroatoms. The Balaban J connectivity index is 0.00000147. The molecule has 1 fully saturated rings. The van der Waals surface area contributed by atoms with Crippen LogP contribution in [0.25, 0.3) is 0 Å². The topological polar surface area (TPSA) is 49.9 Å². The molecule has 20 heavy (non-hydrogen) atoms. The van der Waals surface area contributed by atoms with Crippen LogP contribution in [-0.2, 0) is 4.74 Å². The van der Waals surface area contributed by atoms with E-state index in [-0.39, 0.29) is 24.2 Å². The number of fused-ring (bicyclic) bond motifs is 1. The van der Waals surface area contributed by atoms with Gasteiger partial charge in [0.05, 0.1) is 24.3 Å². The molecule has 0 aromatic heterocycles. The molecule has 0 N–H and O–H groups in total. The van der Waals surface area contributed by atoms with Gasteiger partial charge in [-0.25, -0.2) is 0 Å². The van der Waals surface area contributed by atoms with Crippen LogP contribution in [0.2, 0.25) is 0 Å². The third kappa shape index (κ3) is 2.70. The van der Waals surface area contributed by atoms with Gasteiger partial charge in [0.25, 0.3) is 11.8 Å². The van der Waals surface area contributed by atoms with Gasteiger partial charge >= 0.3 is 0 Å². The zero-order valence-corrected chi connectivity index (χ0v) is 11.9. The molecule has 0 saturated carbocycles. The lowest BCUT2D eigenvalue weighted by molar-refractivity contribution is 0.0325. The normalized spacial score (nSPS) is 18.9. The molecule has 0 radical (unpaired) electrons. The summed E-state index contributed by atoms with van der Waals surface area (Å²) in [4.78, 5) is 27.8. The van der Waals surface area contributed by atoms with Crippen molar-refractivity contribution < 1.29 is 14.3 Å². The van der Waals surface area contributed by atoms with Crippen LogP contribution in [-0.4, -0.2) is 61.0 Å². The molecular weight excluding hydrogens is 280 g/mol. The molecule has 2 heterocycles. The van der Waals surface area contributed by atoms with Crippen LogP contribution in [0.3, 0.4) is 0 Å². The van der Waals surface area contributed by atoms with E-state index in [1.54, 1.807) is 24.3 Å². The molecular formula is C14H17ClN2O3. The van der Waals surface area contributed by atoms with Crippen LogP contribution in [0.4, 0.5) is 0 Å². The van der Waals surface area contributed by atoms with E-state index in [0.29, 0.717) is 17.7 Å². The number of rotatable bonds is 3. The van der Waals surface area contributed by atoms with Crippen LogP contribution in [0.1, 0.15) is 20.7 Å². The van der Waals surface area contributed by atoms with Gasteiger partial charge in [-0.2, -0.15) is 0 Å². The number of carbonyl (C=O) groups is 2. The van der Waals surface area contributed by atoms with Gasteiger partial charge in [-0.15, -0.1) is 12.4 Å². The van der Waals surface area contributed by atoms with E-state index < -0.39 is 0 Å². The van der Waals surface area contributed by atoms with Crippen molar-refractivity contribution in [1.82, 2.24) is 9.80 Å². The number of halogens is 1. The first-order chi connectivity index (χ1) is 9.27. The van der Waals surface area contributed by atoms with Crippen LogP contribution >= 0.6 is 12.4 Å². The summed E-state index contributed by atoms with van der Waals surface area (Å²) in [5.41, 5.74) is 1.05. The Morgan fingerprint density at radius 3 is 2.05 bits per heavy atom. The summed E-state index contributed by atoms with van der Waals surface area (Å²) in [6.07, 6.45) is 0. The second kappa shape index (κ2) is 6.35. The number of ether oxygens (including phenoxy) is 1. The van der Waals surface area contributed by atoms with Crippen LogP contribution in [0, 0.1) is 0 Å². The van der Waals surface area contributed by atoms with E-state index in [4.69, 9.17) is 4.74 Å². The Morgan fingerprint density at radius 1 is 0.950 bits per heavy atom. The zero-order valence-electron chi connectivity index (χ0n) is 11.1. The lowest BCUT2D eigenvalue weighted by Gasteiger charge is -2.27. The van der Waals surface area contributed by atoms with Crippen LogP contribution in [0.5, 0.6) is 0 Å². The SMILES string of the molecule is Cl.O=C1c2ccccc2C(=O)N1CCN1CCOCC1. The molecule has 5 nitrogen and oxygen atoms in total. The standard InChI is InChI=1S/C14H16N2O3.ClH/c17-13-11-3-1-2-4-12(11)14(18)16(13)6-5-15-7-9-19-10-8-15;/h1-4H,5-10H2;1H. The van der Waals surface area contributed by atoms with Gasteiger partial charge in [0.2, 0.25) is 0 Å². The quantitative estimate of drug-likeness (QED) is 0.782. The van der Waals surface area contributed by atoms with Crippen molar-refractivity contribution in [3.63, 3.8) is 0 Å². The molecule has 108 valence electrons. The predicted octanol–water partition coefficient (Wildman–Crippen LogP) is 1.04. The van der Waals surface area contributed by atoms with Crippen LogP contribution < -0.4 is 0 Å². The minimum atomic E-state index is -0.172. The molecule has 0 spiro atoms. The number of imide groups is 1. The third-order valence-corrected chi connectivity index (χ3v) is 3.62. The van der Waals surface area contributed by atoms with Crippen molar-refractivity contribution >= 4 is 24.2 Å². The van der Waals surface area contributed by atoms with Gasteiger partial charge in [-0.3, -0.25) is 19.4 Å². The molecule has 0 aliphatic carbocycles. The monoisotopic (exact) mass is 296 g/mol. The highest BCUT2D eigenvalue weighted by Gasteiger charge is 2.34. The largest absolute Gasteiger partial charge is 0.379 e. The van der Waals surface area contributed by atoms with E-state index in [1.807, 2.05) is 0 Å². The number of benzene rings is 1. The van der Waals surface area contributed by atoms with Crippen molar-refractivity contribution in [2.24, 2.45) is 0 Å². The molecule has 0 unspecified atom stereocenters. The van der Waals surface area contributed by atoms with E-state index in [9.17, 15) is 9.59 Å². The summed E-state index contributed by atoms with van der Waals surface area (Å²) in [6.45, 7) is 4.34. The zero-order chi connectivity index (χ0) is 13.2. The lowest BCUT2D eigenvalue weighted by Crippen LogP contribution is -2.42. The lowest BCUT2D eigenvalue weighted by atomic mass is 10.1. The Morgan fingerprint density at radius 2 is 1.50 bits per heavy atom. The highest BCUT2D eigenvalue weighted by Crippen LogP contribution is 2.22. The number of nitrogens with zero attached hydrogens (tertiary/aromatic N) is 2. The van der Waals surface area contributed by atoms with E-state index in [1.165, 1.54) is 4.90 Å². The average molecular weight is 297 g/mol. The predicted molar refractivity (Wildman–Crippen MR) is 76.3 cm³/mol. The number of hydrogen-bond acceptors (Lipinski definition) is 4. The fourth-order valence-corrected chi connectivity index (χ4v) is 2.51. The molecule has 2 aliphatic heterocycles. The van der Waals surface area contributed by atoms with Crippen LogP contribution in [0.15, 0.2) is 24.3 Å². The van der Waals surface area contributed by atoms with Crippen molar-refractivity contribution in [3.8, 4) is 0 Å². The molecule has 0 atom stereocenters. The second-order valence-corrected chi connectivity index (χ2v) is 4.76. The van der Waals surface area contributed by atoms with E-state index >= 15 is 0 Å². The first-order valence-electron chi connectivity index (χ1n) is 6.53. The van der Waals surface area contributed by atoms with Gasteiger partial charge < -0.3 is 4.74 Å². The van der Waals surface area contributed by atoms with Crippen molar-refractivity contribution in [3.05, 3.63) is 35.4 Å². The van der Waals surface area contributed by atoms with Gasteiger partial charge in [-0.05, 0) is 12.1 Å². The first-order valence-corrected chi connectivity index (χ1v) is 6.53. The average Bonchev–Trinajstić information content (AvgIpc) is 2.71. The number of hydrogen-bond donors (Lipinski definition) is 0. The Bertz CT molecular complexity index is 480. The highest BCUT2D eigenvalue weighted by atomic mass is 35.5. The maximum Gasteiger partial charge on any atom is 0.261 e. The molecule has 1 aromatic carbocycles. The number of morpholine rings is 1. The third-order valence-electron chi connectivity index (χ3n) is 3.62. The summed E-state index contributed by atoms with van der Waals surface area (Å²) < 4.78 is 5.28.